The highest BCUT2D eigenvalue weighted by atomic mass is 32.1. The number of nitrogens with zero attached hydrogens (tertiary/aromatic N) is 3. The van der Waals surface area contributed by atoms with Crippen molar-refractivity contribution in [3.05, 3.63) is 28.8 Å². The van der Waals surface area contributed by atoms with Crippen molar-refractivity contribution in [1.29, 1.82) is 0 Å². The molecule has 1 aromatic carbocycles. The van der Waals surface area contributed by atoms with Gasteiger partial charge in [0.15, 0.2) is 0 Å². The van der Waals surface area contributed by atoms with Crippen molar-refractivity contribution in [2.75, 3.05) is 16.8 Å². The predicted molar refractivity (Wildman–Crippen MR) is 124 cm³/mol. The smallest absolute Gasteiger partial charge is 0.303 e. The average molecular weight is 431 g/mol. The Bertz CT molecular complexity index is 845. The van der Waals surface area contributed by atoms with E-state index in [1.54, 1.807) is 0 Å². The molecular weight excluding hydrogens is 396 g/mol. The Morgan fingerprint density at radius 1 is 1.23 bits per heavy atom. The summed E-state index contributed by atoms with van der Waals surface area (Å²) in [5.41, 5.74) is 3.19. The fourth-order valence-corrected chi connectivity index (χ4v) is 4.89. The van der Waals surface area contributed by atoms with Crippen molar-refractivity contribution in [3.8, 4) is 0 Å². The second kappa shape index (κ2) is 10.2. The number of aromatic nitrogens is 2. The molecule has 2 aromatic rings. The molecule has 1 heterocycles. The summed E-state index contributed by atoms with van der Waals surface area (Å²) in [7, 11) is 0. The van der Waals surface area contributed by atoms with Crippen molar-refractivity contribution in [2.24, 2.45) is 5.92 Å². The third kappa shape index (κ3) is 5.94. The first-order valence-electron chi connectivity index (χ1n) is 11.0. The van der Waals surface area contributed by atoms with E-state index in [2.05, 4.69) is 52.5 Å². The van der Waals surface area contributed by atoms with Crippen molar-refractivity contribution >= 4 is 33.8 Å². The van der Waals surface area contributed by atoms with Crippen molar-refractivity contribution in [1.82, 2.24) is 10.2 Å². The summed E-state index contributed by atoms with van der Waals surface area (Å²) < 4.78 is 0. The highest BCUT2D eigenvalue weighted by Gasteiger charge is 2.25. The van der Waals surface area contributed by atoms with Gasteiger partial charge in [0.25, 0.3) is 0 Å². The first kappa shape index (κ1) is 22.5. The maximum Gasteiger partial charge on any atom is 0.303 e. The van der Waals surface area contributed by atoms with Crippen LogP contribution in [0.4, 0.5) is 16.5 Å². The van der Waals surface area contributed by atoms with Crippen LogP contribution in [-0.4, -0.2) is 33.9 Å². The van der Waals surface area contributed by atoms with E-state index < -0.39 is 5.97 Å². The summed E-state index contributed by atoms with van der Waals surface area (Å²) >= 11 is 1.53. The Morgan fingerprint density at radius 3 is 2.57 bits per heavy atom. The molecule has 7 heteroatoms. The first-order valence-corrected chi connectivity index (χ1v) is 11.8. The molecule has 1 atom stereocenters. The van der Waals surface area contributed by atoms with Gasteiger partial charge in [-0.05, 0) is 49.3 Å². The number of rotatable bonds is 9. The molecule has 2 N–H and O–H groups in total. The molecule has 0 saturated heterocycles. The van der Waals surface area contributed by atoms with Crippen LogP contribution >= 0.6 is 11.3 Å². The molecule has 1 aliphatic carbocycles. The van der Waals surface area contributed by atoms with E-state index in [0.717, 1.165) is 27.9 Å². The van der Waals surface area contributed by atoms with E-state index in [1.807, 2.05) is 13.8 Å². The zero-order valence-electron chi connectivity index (χ0n) is 18.5. The van der Waals surface area contributed by atoms with Gasteiger partial charge in [0.1, 0.15) is 5.01 Å². The largest absolute Gasteiger partial charge is 0.481 e. The number of hydrogen-bond donors (Lipinski definition) is 2. The van der Waals surface area contributed by atoms with Crippen LogP contribution in [0.3, 0.4) is 0 Å². The lowest BCUT2D eigenvalue weighted by Gasteiger charge is -2.38. The number of anilines is 3. The number of carboxylic acids is 1. The van der Waals surface area contributed by atoms with Crippen molar-refractivity contribution < 1.29 is 9.90 Å². The molecule has 30 heavy (non-hydrogen) atoms. The van der Waals surface area contributed by atoms with Gasteiger partial charge in [0.2, 0.25) is 5.13 Å². The molecule has 1 aliphatic rings. The number of aliphatic carboxylic acids is 1. The van der Waals surface area contributed by atoms with Gasteiger partial charge in [-0.3, -0.25) is 4.79 Å². The Hall–Kier alpha value is -2.15. The number of benzene rings is 1. The molecule has 0 radical (unpaired) electrons. The third-order valence-corrected chi connectivity index (χ3v) is 6.48. The number of hydrogen-bond acceptors (Lipinski definition) is 6. The predicted octanol–water partition coefficient (Wildman–Crippen LogP) is 5.96. The maximum atomic E-state index is 11.2. The second-order valence-corrected chi connectivity index (χ2v) is 10.0. The van der Waals surface area contributed by atoms with Gasteiger partial charge in [0.05, 0.1) is 17.8 Å². The van der Waals surface area contributed by atoms with Gasteiger partial charge in [-0.25, -0.2) is 0 Å². The van der Waals surface area contributed by atoms with Gasteiger partial charge in [-0.15, -0.1) is 10.2 Å². The van der Waals surface area contributed by atoms with E-state index in [0.29, 0.717) is 12.0 Å². The molecular formula is C23H34N4O2S. The molecule has 1 fully saturated rings. The van der Waals surface area contributed by atoms with Gasteiger partial charge < -0.3 is 15.3 Å². The number of carbonyl (C=O) groups is 1. The highest BCUT2D eigenvalue weighted by Crippen LogP contribution is 2.37. The summed E-state index contributed by atoms with van der Waals surface area (Å²) in [6.07, 6.45) is 6.46. The monoisotopic (exact) mass is 430 g/mol. The minimum absolute atomic E-state index is 0.0542. The van der Waals surface area contributed by atoms with Gasteiger partial charge >= 0.3 is 5.97 Å². The quantitative estimate of drug-likeness (QED) is 0.511. The van der Waals surface area contributed by atoms with Crippen LogP contribution in [0.15, 0.2) is 18.2 Å². The zero-order chi connectivity index (χ0) is 21.7. The molecule has 6 nitrogen and oxygen atoms in total. The topological polar surface area (TPSA) is 78.3 Å². The number of nitrogens with one attached hydrogen (secondary N) is 1. The second-order valence-electron chi connectivity index (χ2n) is 8.86. The van der Waals surface area contributed by atoms with E-state index >= 15 is 0 Å². The highest BCUT2D eigenvalue weighted by molar-refractivity contribution is 7.15. The summed E-state index contributed by atoms with van der Waals surface area (Å²) in [6, 6.07) is 6.91. The van der Waals surface area contributed by atoms with Crippen LogP contribution in [0.2, 0.25) is 0 Å². The normalized spacial score (nSPS) is 15.9. The van der Waals surface area contributed by atoms with E-state index in [1.165, 1.54) is 49.1 Å². The summed E-state index contributed by atoms with van der Waals surface area (Å²) in [6.45, 7) is 9.44. The molecule has 1 unspecified atom stereocenters. The molecule has 1 aromatic heterocycles. The summed E-state index contributed by atoms with van der Waals surface area (Å²) in [5, 5.41) is 22.8. The molecule has 1 saturated carbocycles. The minimum atomic E-state index is -0.774. The third-order valence-electron chi connectivity index (χ3n) is 5.72. The number of carboxylic acid groups (broad SMARTS) is 1. The van der Waals surface area contributed by atoms with E-state index in [9.17, 15) is 9.90 Å². The lowest BCUT2D eigenvalue weighted by Crippen LogP contribution is -2.39. The fourth-order valence-electron chi connectivity index (χ4n) is 4.28. The molecule has 164 valence electrons. The van der Waals surface area contributed by atoms with Crippen LogP contribution in [0.5, 0.6) is 0 Å². The first-order chi connectivity index (χ1) is 14.3. The summed E-state index contributed by atoms with van der Waals surface area (Å²) in [5.74, 6) is -0.278. The lowest BCUT2D eigenvalue weighted by atomic mass is 9.92. The fraction of sp³-hybridized carbons (Fsp3) is 0.609. The summed E-state index contributed by atoms with van der Waals surface area (Å²) in [4.78, 5) is 13.8. The molecule has 0 bridgehead atoms. The van der Waals surface area contributed by atoms with E-state index in [4.69, 9.17) is 0 Å². The Balaban J connectivity index is 1.99. The lowest BCUT2D eigenvalue weighted by molar-refractivity contribution is -0.137. The Labute approximate surface area is 183 Å². The molecule has 0 aliphatic heterocycles. The standard InChI is InChI=1S/C23H34N4O2S/c1-15(2)14-27(19-8-6-5-7-9-19)21-11-10-18(16(3)12-22(28)29)13-20(21)24-23-26-25-17(4)30-23/h10-11,13,15-16,19H,5-9,12,14H2,1-4H3,(H,24,26)(H,28,29). The van der Waals surface area contributed by atoms with Crippen LogP contribution < -0.4 is 10.2 Å². The minimum Gasteiger partial charge on any atom is -0.481 e. The van der Waals surface area contributed by atoms with Crippen molar-refractivity contribution in [3.63, 3.8) is 0 Å². The van der Waals surface area contributed by atoms with Crippen LogP contribution in [0.1, 0.15) is 75.8 Å². The van der Waals surface area contributed by atoms with Gasteiger partial charge in [-0.1, -0.05) is 57.4 Å². The van der Waals surface area contributed by atoms with Crippen LogP contribution in [0.25, 0.3) is 0 Å². The zero-order valence-corrected chi connectivity index (χ0v) is 19.3. The molecule has 3 rings (SSSR count). The molecule has 0 spiro atoms. The van der Waals surface area contributed by atoms with Gasteiger partial charge in [-0.2, -0.15) is 0 Å². The molecule has 0 amide bonds. The average Bonchev–Trinajstić information content (AvgIpc) is 3.11. The van der Waals surface area contributed by atoms with Crippen LogP contribution in [-0.2, 0) is 4.79 Å². The number of aryl methyl sites for hydroxylation is 1. The Kier molecular flexibility index (Phi) is 7.69. The Morgan fingerprint density at radius 2 is 1.97 bits per heavy atom. The van der Waals surface area contributed by atoms with E-state index in [-0.39, 0.29) is 12.3 Å². The maximum absolute atomic E-state index is 11.2. The van der Waals surface area contributed by atoms with Crippen LogP contribution in [0, 0.1) is 12.8 Å². The van der Waals surface area contributed by atoms with Crippen molar-refractivity contribution in [2.45, 2.75) is 78.2 Å². The SMILES string of the molecule is Cc1nnc(Nc2cc(C(C)CC(=O)O)ccc2N(CC(C)C)C2CCCCC2)s1. The van der Waals surface area contributed by atoms with Gasteiger partial charge in [0, 0.05) is 12.6 Å².